The molecule has 2 aliphatic heterocycles. The van der Waals surface area contributed by atoms with Crippen LogP contribution in [0.25, 0.3) is 10.9 Å². The van der Waals surface area contributed by atoms with E-state index in [0.29, 0.717) is 24.4 Å². The largest absolute Gasteiger partial charge is 0.492 e. The van der Waals surface area contributed by atoms with Crippen molar-refractivity contribution in [2.24, 2.45) is 5.92 Å². The molecule has 220 valence electrons. The van der Waals surface area contributed by atoms with Gasteiger partial charge in [-0.25, -0.2) is 0 Å². The van der Waals surface area contributed by atoms with Crippen molar-refractivity contribution in [3.8, 4) is 5.75 Å². The lowest BCUT2D eigenvalue weighted by molar-refractivity contribution is -0.137. The molecule has 1 saturated carbocycles. The van der Waals surface area contributed by atoms with Gasteiger partial charge in [-0.05, 0) is 55.4 Å². The fourth-order valence-electron chi connectivity index (χ4n) is 6.98. The summed E-state index contributed by atoms with van der Waals surface area (Å²) in [5, 5.41) is 4.11. The number of alkyl halides is 3. The van der Waals surface area contributed by atoms with E-state index in [1.165, 1.54) is 45.1 Å². The highest BCUT2D eigenvalue weighted by atomic mass is 19.4. The molecule has 3 heterocycles. The normalized spacial score (nSPS) is 22.2. The minimum atomic E-state index is -4.48. The van der Waals surface area contributed by atoms with Gasteiger partial charge in [0.25, 0.3) is 0 Å². The van der Waals surface area contributed by atoms with E-state index in [2.05, 4.69) is 29.0 Å². The summed E-state index contributed by atoms with van der Waals surface area (Å²) in [5.74, 6) is 1.26. The van der Waals surface area contributed by atoms with Crippen LogP contribution in [-0.4, -0.2) is 59.7 Å². The van der Waals surface area contributed by atoms with Crippen molar-refractivity contribution >= 4 is 22.3 Å². The number of hydrogen-bond acceptors (Lipinski definition) is 5. The molecule has 0 spiro atoms. The highest BCUT2D eigenvalue weighted by Crippen LogP contribution is 2.37. The van der Waals surface area contributed by atoms with Crippen molar-refractivity contribution in [3.63, 3.8) is 0 Å². The first-order valence-electron chi connectivity index (χ1n) is 15.2. The van der Waals surface area contributed by atoms with Gasteiger partial charge >= 0.3 is 6.18 Å². The van der Waals surface area contributed by atoms with Crippen LogP contribution in [0.5, 0.6) is 5.75 Å². The first kappa shape index (κ1) is 28.3. The van der Waals surface area contributed by atoms with Crippen LogP contribution in [0.3, 0.4) is 0 Å². The van der Waals surface area contributed by atoms with Gasteiger partial charge in [-0.2, -0.15) is 13.2 Å². The lowest BCUT2D eigenvalue weighted by atomic mass is 9.89. The number of piperazine rings is 1. The van der Waals surface area contributed by atoms with E-state index >= 15 is 0 Å². The van der Waals surface area contributed by atoms with Crippen LogP contribution in [0.4, 0.5) is 24.5 Å². The molecule has 0 amide bonds. The number of ether oxygens (including phenoxy) is 1. The molecule has 1 aliphatic carbocycles. The Morgan fingerprint density at radius 3 is 2.46 bits per heavy atom. The monoisotopic (exact) mass is 566 g/mol. The summed E-state index contributed by atoms with van der Waals surface area (Å²) in [7, 11) is 0. The number of aromatic nitrogens is 1. The van der Waals surface area contributed by atoms with Crippen molar-refractivity contribution in [3.05, 3.63) is 59.8 Å². The third kappa shape index (κ3) is 6.49. The van der Waals surface area contributed by atoms with Crippen molar-refractivity contribution in [1.82, 2.24) is 14.8 Å². The van der Waals surface area contributed by atoms with Crippen LogP contribution >= 0.6 is 0 Å². The number of likely N-dealkylation sites (tertiary alicyclic amines) is 2. The number of rotatable bonds is 9. The lowest BCUT2D eigenvalue weighted by Gasteiger charge is -2.36. The number of para-hydroxylation sites is 1. The molecule has 5 nitrogen and oxygen atoms in total. The van der Waals surface area contributed by atoms with Gasteiger partial charge in [-0.1, -0.05) is 51.3 Å². The fraction of sp³-hybridized carbons (Fsp3) is 0.545. The third-order valence-electron chi connectivity index (χ3n) is 9.17. The number of pyridine rings is 1. The predicted molar refractivity (Wildman–Crippen MR) is 158 cm³/mol. The molecule has 8 heteroatoms. The molecule has 3 fully saturated rings. The zero-order valence-electron chi connectivity index (χ0n) is 24.1. The van der Waals surface area contributed by atoms with E-state index in [4.69, 9.17) is 9.72 Å². The topological polar surface area (TPSA) is 40.6 Å². The molecule has 2 bridgehead atoms. The number of nitrogens with one attached hydrogen (secondary N) is 1. The van der Waals surface area contributed by atoms with Gasteiger partial charge in [0.2, 0.25) is 0 Å². The number of nitrogens with zero attached hydrogens (tertiary/aromatic N) is 3. The number of anilines is 2. The molecule has 1 aromatic heterocycles. The van der Waals surface area contributed by atoms with Gasteiger partial charge in [0, 0.05) is 66.8 Å². The van der Waals surface area contributed by atoms with E-state index in [-0.39, 0.29) is 11.7 Å². The van der Waals surface area contributed by atoms with Gasteiger partial charge in [0.05, 0.1) is 11.1 Å². The predicted octanol–water partition coefficient (Wildman–Crippen LogP) is 7.84. The first-order chi connectivity index (χ1) is 19.7. The second-order valence-electron chi connectivity index (χ2n) is 12.5. The molecule has 1 N–H and O–H groups in total. The fourth-order valence-corrected chi connectivity index (χ4v) is 6.98. The number of benzene rings is 2. The van der Waals surface area contributed by atoms with Gasteiger partial charge in [0.1, 0.15) is 12.4 Å². The minimum Gasteiger partial charge on any atom is -0.492 e. The molecule has 3 aromatic rings. The Balaban J connectivity index is 1.12. The molecule has 2 aromatic carbocycles. The summed E-state index contributed by atoms with van der Waals surface area (Å²) in [4.78, 5) is 9.88. The molecule has 41 heavy (non-hydrogen) atoms. The molecule has 2 saturated heterocycles. The Kier molecular flexibility index (Phi) is 8.14. The zero-order chi connectivity index (χ0) is 28.6. The van der Waals surface area contributed by atoms with Crippen LogP contribution in [0.2, 0.25) is 0 Å². The lowest BCUT2D eigenvalue weighted by Crippen LogP contribution is -2.48. The molecule has 6 rings (SSSR count). The molecular formula is C33H41F3N4O. The summed E-state index contributed by atoms with van der Waals surface area (Å²) in [6.45, 7) is 8.57. The SMILES string of the molecule is CC(C)c1cc(Nc2cc(OCCN3C[C@@H]4C[C@H]3CN4CC3CCCCC3)cc(C(F)(F)F)c2)c2ccccc2n1. The quantitative estimate of drug-likeness (QED) is 0.286. The Hall–Kier alpha value is -2.84. The average Bonchev–Trinajstić information content (AvgIpc) is 3.53. The second kappa shape index (κ2) is 11.8. The van der Waals surface area contributed by atoms with Crippen molar-refractivity contribution in [1.29, 1.82) is 0 Å². The maximum atomic E-state index is 13.9. The average molecular weight is 567 g/mol. The zero-order valence-corrected chi connectivity index (χ0v) is 24.1. The molecule has 3 aliphatic rings. The number of fused-ring (bicyclic) bond motifs is 3. The maximum Gasteiger partial charge on any atom is 0.416 e. The Morgan fingerprint density at radius 2 is 1.73 bits per heavy atom. The first-order valence-corrected chi connectivity index (χ1v) is 15.2. The highest BCUT2D eigenvalue weighted by molar-refractivity contribution is 5.93. The van der Waals surface area contributed by atoms with Crippen molar-refractivity contribution in [2.75, 3.05) is 38.1 Å². The van der Waals surface area contributed by atoms with Gasteiger partial charge in [-0.15, -0.1) is 0 Å². The molecule has 0 radical (unpaired) electrons. The van der Waals surface area contributed by atoms with Gasteiger partial charge in [-0.3, -0.25) is 14.8 Å². The van der Waals surface area contributed by atoms with E-state index in [1.807, 2.05) is 30.3 Å². The van der Waals surface area contributed by atoms with E-state index in [9.17, 15) is 13.2 Å². The van der Waals surface area contributed by atoms with Crippen LogP contribution in [-0.2, 0) is 6.18 Å². The van der Waals surface area contributed by atoms with E-state index in [0.717, 1.165) is 60.0 Å². The van der Waals surface area contributed by atoms with Crippen LogP contribution < -0.4 is 10.1 Å². The van der Waals surface area contributed by atoms with Crippen molar-refractivity contribution in [2.45, 2.75) is 76.6 Å². The van der Waals surface area contributed by atoms with Crippen LogP contribution in [0.1, 0.15) is 69.5 Å². The number of halogens is 3. The standard InChI is InChI=1S/C33H41F3N4O/c1-22(2)31-18-32(29-10-6-7-11-30(29)38-31)37-25-14-24(33(34,35)36)15-28(16-25)41-13-12-39-20-27-17-26(39)21-40(27)19-23-8-4-3-5-9-23/h6-7,10-11,14-16,18,22-23,26-27H,3-5,8-9,12-13,17,19-21H2,1-2H3,(H,37,38)/t26-,27-/m0/s1. The Morgan fingerprint density at radius 1 is 0.976 bits per heavy atom. The maximum absolute atomic E-state index is 13.9. The number of hydrogen-bond donors (Lipinski definition) is 1. The Labute approximate surface area is 241 Å². The third-order valence-corrected chi connectivity index (χ3v) is 9.17. The van der Waals surface area contributed by atoms with Gasteiger partial charge < -0.3 is 10.1 Å². The molecule has 0 unspecified atom stereocenters. The van der Waals surface area contributed by atoms with E-state index < -0.39 is 11.7 Å². The summed E-state index contributed by atoms with van der Waals surface area (Å²) >= 11 is 0. The second-order valence-corrected chi connectivity index (χ2v) is 12.5. The van der Waals surface area contributed by atoms with Crippen molar-refractivity contribution < 1.29 is 17.9 Å². The summed E-state index contributed by atoms with van der Waals surface area (Å²) < 4.78 is 47.6. The Bertz CT molecular complexity index is 1350. The summed E-state index contributed by atoms with van der Waals surface area (Å²) in [6, 6.07) is 14.7. The minimum absolute atomic E-state index is 0.181. The molecule has 2 atom stereocenters. The van der Waals surface area contributed by atoms with E-state index in [1.54, 1.807) is 6.07 Å². The summed E-state index contributed by atoms with van der Waals surface area (Å²) in [6.07, 6.45) is 3.60. The van der Waals surface area contributed by atoms with Gasteiger partial charge in [0.15, 0.2) is 0 Å². The summed E-state index contributed by atoms with van der Waals surface area (Å²) in [5.41, 5.74) is 2.04. The van der Waals surface area contributed by atoms with Crippen LogP contribution in [0.15, 0.2) is 48.5 Å². The van der Waals surface area contributed by atoms with Crippen LogP contribution in [0, 0.1) is 5.92 Å². The smallest absolute Gasteiger partial charge is 0.416 e. The molecular weight excluding hydrogens is 525 g/mol. The highest BCUT2D eigenvalue weighted by Gasteiger charge is 2.43.